The summed E-state index contributed by atoms with van der Waals surface area (Å²) in [5.74, 6) is 1.55. The molecule has 0 aliphatic rings. The molecule has 0 spiro atoms. The van der Waals surface area contributed by atoms with E-state index in [0.717, 1.165) is 5.75 Å². The zero-order valence-corrected chi connectivity index (χ0v) is 8.34. The quantitative estimate of drug-likeness (QED) is 0.808. The third-order valence-corrected chi connectivity index (χ3v) is 1.89. The maximum Gasteiger partial charge on any atom is 0.237 e. The number of aromatic nitrogens is 2. The predicted octanol–water partition coefficient (Wildman–Crippen LogP) is 2.16. The van der Waals surface area contributed by atoms with Gasteiger partial charge in [0.2, 0.25) is 5.88 Å². The first-order chi connectivity index (χ1) is 7.24. The van der Waals surface area contributed by atoms with E-state index in [-0.39, 0.29) is 0 Å². The lowest BCUT2D eigenvalue weighted by molar-refractivity contribution is 0.460. The molecule has 0 aliphatic heterocycles. The maximum absolute atomic E-state index is 5.46. The zero-order valence-electron chi connectivity index (χ0n) is 8.34. The van der Waals surface area contributed by atoms with E-state index in [1.165, 1.54) is 18.0 Å². The lowest BCUT2D eigenvalue weighted by atomic mass is 10.2. The largest absolute Gasteiger partial charge is 0.438 e. The van der Waals surface area contributed by atoms with Gasteiger partial charge in [-0.2, -0.15) is 0 Å². The molecule has 1 aromatic carbocycles. The number of nitrogens with zero attached hydrogens (tertiary/aromatic N) is 2. The molecule has 1 aromatic heterocycles. The zero-order chi connectivity index (χ0) is 10.7. The van der Waals surface area contributed by atoms with Crippen molar-refractivity contribution in [3.05, 3.63) is 42.2 Å². The van der Waals surface area contributed by atoms with Gasteiger partial charge in [-0.05, 0) is 19.1 Å². The molecule has 4 heteroatoms. The van der Waals surface area contributed by atoms with Gasteiger partial charge in [0.15, 0.2) is 0 Å². The minimum absolute atomic E-state index is 0.381. The van der Waals surface area contributed by atoms with Crippen molar-refractivity contribution in [3.63, 3.8) is 0 Å². The number of rotatable bonds is 2. The Kier molecular flexibility index (Phi) is 2.49. The van der Waals surface area contributed by atoms with Crippen LogP contribution in [-0.2, 0) is 0 Å². The summed E-state index contributed by atoms with van der Waals surface area (Å²) >= 11 is 0. The van der Waals surface area contributed by atoms with Crippen molar-refractivity contribution >= 4 is 5.82 Å². The second kappa shape index (κ2) is 3.96. The molecule has 2 N–H and O–H groups in total. The summed E-state index contributed by atoms with van der Waals surface area (Å²) in [7, 11) is 0. The molecule has 2 aromatic rings. The SMILES string of the molecule is Cc1ccc(Oc2cnc(N)cn2)cc1. The summed E-state index contributed by atoms with van der Waals surface area (Å²) in [6.45, 7) is 2.02. The lowest BCUT2D eigenvalue weighted by Crippen LogP contribution is -1.93. The molecular formula is C11H11N3O. The van der Waals surface area contributed by atoms with Crippen molar-refractivity contribution < 1.29 is 4.74 Å². The van der Waals surface area contributed by atoms with Gasteiger partial charge in [0.1, 0.15) is 11.6 Å². The number of hydrogen-bond acceptors (Lipinski definition) is 4. The molecule has 2 rings (SSSR count). The number of anilines is 1. The van der Waals surface area contributed by atoms with E-state index >= 15 is 0 Å². The molecule has 4 nitrogen and oxygen atoms in total. The van der Waals surface area contributed by atoms with Crippen LogP contribution in [0.25, 0.3) is 0 Å². The molecule has 15 heavy (non-hydrogen) atoms. The molecule has 76 valence electrons. The van der Waals surface area contributed by atoms with Gasteiger partial charge < -0.3 is 10.5 Å². The Hall–Kier alpha value is -2.10. The maximum atomic E-state index is 5.46. The standard InChI is InChI=1S/C11H11N3O/c1-8-2-4-9(5-3-8)15-11-7-13-10(12)6-14-11/h2-7H,1H3,(H2,12,13). The van der Waals surface area contributed by atoms with Crippen molar-refractivity contribution in [1.29, 1.82) is 0 Å². The normalized spacial score (nSPS) is 9.93. The second-order valence-electron chi connectivity index (χ2n) is 3.19. The van der Waals surface area contributed by atoms with Crippen molar-refractivity contribution in [2.75, 3.05) is 5.73 Å². The molecule has 0 fully saturated rings. The van der Waals surface area contributed by atoms with E-state index in [4.69, 9.17) is 10.5 Å². The van der Waals surface area contributed by atoms with Crippen molar-refractivity contribution in [2.45, 2.75) is 6.92 Å². The number of aryl methyl sites for hydroxylation is 1. The van der Waals surface area contributed by atoms with Crippen LogP contribution >= 0.6 is 0 Å². The van der Waals surface area contributed by atoms with Gasteiger partial charge in [0, 0.05) is 0 Å². The van der Waals surface area contributed by atoms with Crippen LogP contribution in [0.4, 0.5) is 5.82 Å². The van der Waals surface area contributed by atoms with E-state index in [0.29, 0.717) is 11.7 Å². The highest BCUT2D eigenvalue weighted by Crippen LogP contribution is 2.18. The average molecular weight is 201 g/mol. The Balaban J connectivity index is 2.15. The second-order valence-corrected chi connectivity index (χ2v) is 3.19. The van der Waals surface area contributed by atoms with E-state index in [2.05, 4.69) is 9.97 Å². The molecule has 0 atom stereocenters. The minimum Gasteiger partial charge on any atom is -0.438 e. The molecule has 0 saturated heterocycles. The number of ether oxygens (including phenoxy) is 1. The molecule has 0 bridgehead atoms. The van der Waals surface area contributed by atoms with Crippen LogP contribution in [0.1, 0.15) is 5.56 Å². The molecule has 0 unspecified atom stereocenters. The number of hydrogen-bond donors (Lipinski definition) is 1. The summed E-state index contributed by atoms with van der Waals surface area (Å²) < 4.78 is 5.46. The highest BCUT2D eigenvalue weighted by atomic mass is 16.5. The van der Waals surface area contributed by atoms with E-state index < -0.39 is 0 Å². The Morgan fingerprint density at radius 1 is 1.07 bits per heavy atom. The van der Waals surface area contributed by atoms with Gasteiger partial charge in [-0.25, -0.2) is 9.97 Å². The number of benzene rings is 1. The molecule has 0 amide bonds. The van der Waals surface area contributed by atoms with Crippen LogP contribution in [0, 0.1) is 6.92 Å². The van der Waals surface area contributed by atoms with Crippen molar-refractivity contribution in [1.82, 2.24) is 9.97 Å². The predicted molar refractivity (Wildman–Crippen MR) is 57.7 cm³/mol. The monoisotopic (exact) mass is 201 g/mol. The van der Waals surface area contributed by atoms with Gasteiger partial charge in [0.25, 0.3) is 0 Å². The van der Waals surface area contributed by atoms with Crippen LogP contribution in [-0.4, -0.2) is 9.97 Å². The summed E-state index contributed by atoms with van der Waals surface area (Å²) in [4.78, 5) is 7.87. The Morgan fingerprint density at radius 3 is 2.40 bits per heavy atom. The van der Waals surface area contributed by atoms with E-state index in [9.17, 15) is 0 Å². The summed E-state index contributed by atoms with van der Waals surface area (Å²) in [5, 5.41) is 0. The van der Waals surface area contributed by atoms with Crippen molar-refractivity contribution in [3.8, 4) is 11.6 Å². The highest BCUT2D eigenvalue weighted by molar-refractivity contribution is 5.31. The molecule has 0 radical (unpaired) electrons. The van der Waals surface area contributed by atoms with Gasteiger partial charge in [-0.1, -0.05) is 17.7 Å². The van der Waals surface area contributed by atoms with Gasteiger partial charge in [-0.3, -0.25) is 0 Å². The fourth-order valence-corrected chi connectivity index (χ4v) is 1.11. The molecular weight excluding hydrogens is 190 g/mol. The summed E-state index contributed by atoms with van der Waals surface area (Å²) in [6.07, 6.45) is 2.96. The lowest BCUT2D eigenvalue weighted by Gasteiger charge is -2.03. The van der Waals surface area contributed by atoms with Gasteiger partial charge >= 0.3 is 0 Å². The number of nitrogens with two attached hydrogens (primary N) is 1. The summed E-state index contributed by atoms with van der Waals surface area (Å²) in [5.41, 5.74) is 6.60. The van der Waals surface area contributed by atoms with Crippen molar-refractivity contribution in [2.24, 2.45) is 0 Å². The Bertz CT molecular complexity index is 393. The van der Waals surface area contributed by atoms with Crippen LogP contribution in [0.15, 0.2) is 36.7 Å². The number of nitrogen functional groups attached to an aromatic ring is 1. The van der Waals surface area contributed by atoms with E-state index in [1.807, 2.05) is 31.2 Å². The van der Waals surface area contributed by atoms with Gasteiger partial charge in [0.05, 0.1) is 12.4 Å². The van der Waals surface area contributed by atoms with Crippen LogP contribution in [0.3, 0.4) is 0 Å². The third kappa shape index (κ3) is 2.43. The fraction of sp³-hybridized carbons (Fsp3) is 0.0909. The third-order valence-electron chi connectivity index (χ3n) is 1.89. The molecule has 0 aliphatic carbocycles. The fourth-order valence-electron chi connectivity index (χ4n) is 1.11. The Labute approximate surface area is 87.7 Å². The Morgan fingerprint density at radius 2 is 1.80 bits per heavy atom. The molecule has 1 heterocycles. The molecule has 0 saturated carbocycles. The van der Waals surface area contributed by atoms with Crippen LogP contribution < -0.4 is 10.5 Å². The first-order valence-corrected chi connectivity index (χ1v) is 4.56. The van der Waals surface area contributed by atoms with Crippen LogP contribution in [0.5, 0.6) is 11.6 Å². The minimum atomic E-state index is 0.381. The van der Waals surface area contributed by atoms with E-state index in [1.54, 1.807) is 0 Å². The summed E-state index contributed by atoms with van der Waals surface area (Å²) in [6, 6.07) is 7.71. The highest BCUT2D eigenvalue weighted by Gasteiger charge is 1.98. The smallest absolute Gasteiger partial charge is 0.237 e. The first-order valence-electron chi connectivity index (χ1n) is 4.56. The van der Waals surface area contributed by atoms with Gasteiger partial charge in [-0.15, -0.1) is 0 Å². The topological polar surface area (TPSA) is 61.0 Å². The average Bonchev–Trinajstić information content (AvgIpc) is 2.25. The van der Waals surface area contributed by atoms with Crippen LogP contribution in [0.2, 0.25) is 0 Å². The first kappa shape index (κ1) is 9.45.